The molecule has 0 aromatic rings. The number of nitrogens with one attached hydrogen (secondary N) is 1. The number of hydrogen-bond acceptors (Lipinski definition) is 2. The Morgan fingerprint density at radius 1 is 1.25 bits per heavy atom. The van der Waals surface area contributed by atoms with Crippen molar-refractivity contribution in [3.63, 3.8) is 0 Å². The van der Waals surface area contributed by atoms with Crippen LogP contribution in [0, 0.1) is 5.92 Å². The van der Waals surface area contributed by atoms with Crippen molar-refractivity contribution in [1.82, 2.24) is 5.32 Å². The first-order valence-corrected chi connectivity index (χ1v) is 13.4. The fourth-order valence-corrected chi connectivity index (χ4v) is 6.82. The molecule has 20 heavy (non-hydrogen) atoms. The van der Waals surface area contributed by atoms with Crippen LogP contribution >= 0.6 is 7.92 Å². The first-order chi connectivity index (χ1) is 9.19. The van der Waals surface area contributed by atoms with Gasteiger partial charge in [0.1, 0.15) is 0 Å². The quantitative estimate of drug-likeness (QED) is 0.620. The van der Waals surface area contributed by atoms with E-state index in [1.807, 2.05) is 0 Å². The zero-order chi connectivity index (χ0) is 15.0. The highest BCUT2D eigenvalue weighted by molar-refractivity contribution is 7.56. The highest BCUT2D eigenvalue weighted by Crippen LogP contribution is 2.43. The van der Waals surface area contributed by atoms with Gasteiger partial charge in [-0.1, -0.05) is 20.8 Å². The van der Waals surface area contributed by atoms with Crippen molar-refractivity contribution >= 4 is 16.2 Å². The molecule has 4 atom stereocenters. The van der Waals surface area contributed by atoms with Crippen LogP contribution in [0.4, 0.5) is 0 Å². The second-order valence-corrected chi connectivity index (χ2v) is 15.7. The molecule has 2 rings (SSSR count). The Kier molecular flexibility index (Phi) is 5.38. The third-order valence-electron chi connectivity index (χ3n) is 5.62. The van der Waals surface area contributed by atoms with Crippen LogP contribution in [0.1, 0.15) is 40.0 Å². The van der Waals surface area contributed by atoms with Crippen LogP contribution in [0.5, 0.6) is 0 Å². The van der Waals surface area contributed by atoms with E-state index >= 15 is 0 Å². The molecular formula is C16H34NOPSi. The van der Waals surface area contributed by atoms with E-state index in [-0.39, 0.29) is 0 Å². The third-order valence-corrected chi connectivity index (χ3v) is 12.3. The average molecular weight is 316 g/mol. The van der Waals surface area contributed by atoms with Gasteiger partial charge >= 0.3 is 0 Å². The minimum absolute atomic E-state index is 0.321. The van der Waals surface area contributed by atoms with E-state index in [2.05, 4.69) is 45.8 Å². The second-order valence-electron chi connectivity index (χ2n) is 8.42. The Morgan fingerprint density at radius 2 is 1.95 bits per heavy atom. The molecule has 2 aliphatic rings. The molecule has 2 nitrogen and oxygen atoms in total. The van der Waals surface area contributed by atoms with Gasteiger partial charge in [-0.05, 0) is 62.3 Å². The largest absolute Gasteiger partial charge is 0.413 e. The molecule has 2 aliphatic heterocycles. The van der Waals surface area contributed by atoms with Gasteiger partial charge in [0, 0.05) is 12.6 Å². The van der Waals surface area contributed by atoms with Crippen molar-refractivity contribution in [2.75, 3.05) is 25.5 Å². The zero-order valence-corrected chi connectivity index (χ0v) is 16.2. The van der Waals surface area contributed by atoms with Crippen LogP contribution in [-0.2, 0) is 4.43 Å². The lowest BCUT2D eigenvalue weighted by atomic mass is 9.95. The third kappa shape index (κ3) is 4.06. The molecule has 0 spiro atoms. The zero-order valence-electron chi connectivity index (χ0n) is 14.3. The lowest BCUT2D eigenvalue weighted by molar-refractivity contribution is 0.193. The summed E-state index contributed by atoms with van der Waals surface area (Å²) in [5.74, 6) is 0.924. The van der Waals surface area contributed by atoms with Gasteiger partial charge in [0.25, 0.3) is 0 Å². The summed E-state index contributed by atoms with van der Waals surface area (Å²) in [6, 6.07) is 0.731. The van der Waals surface area contributed by atoms with Crippen molar-refractivity contribution in [2.24, 2.45) is 5.92 Å². The number of hydrogen-bond donors (Lipinski definition) is 1. The maximum atomic E-state index is 6.59. The van der Waals surface area contributed by atoms with E-state index < -0.39 is 8.32 Å². The van der Waals surface area contributed by atoms with Gasteiger partial charge < -0.3 is 9.74 Å². The molecule has 0 aromatic heterocycles. The van der Waals surface area contributed by atoms with Gasteiger partial charge in [-0.3, -0.25) is 0 Å². The molecule has 2 heterocycles. The van der Waals surface area contributed by atoms with E-state index in [4.69, 9.17) is 4.43 Å². The Labute approximate surface area is 128 Å². The lowest BCUT2D eigenvalue weighted by Crippen LogP contribution is -2.44. The highest BCUT2D eigenvalue weighted by atomic mass is 31.1. The lowest BCUT2D eigenvalue weighted by Gasteiger charge is -2.38. The van der Waals surface area contributed by atoms with Crippen LogP contribution in [0.3, 0.4) is 0 Å². The summed E-state index contributed by atoms with van der Waals surface area (Å²) < 4.78 is 6.59. The molecule has 2 unspecified atom stereocenters. The van der Waals surface area contributed by atoms with Gasteiger partial charge in [-0.15, -0.1) is 7.92 Å². The fourth-order valence-electron chi connectivity index (χ4n) is 3.31. The van der Waals surface area contributed by atoms with Gasteiger partial charge in [0.15, 0.2) is 8.32 Å². The minimum atomic E-state index is -1.60. The summed E-state index contributed by atoms with van der Waals surface area (Å²) in [6.07, 6.45) is 7.60. The van der Waals surface area contributed by atoms with Crippen molar-refractivity contribution < 1.29 is 4.43 Å². The van der Waals surface area contributed by atoms with Crippen LogP contribution < -0.4 is 5.32 Å². The molecule has 0 saturated carbocycles. The van der Waals surface area contributed by atoms with Crippen molar-refractivity contribution in [3.8, 4) is 0 Å². The Hall–Kier alpha value is 0.567. The molecule has 118 valence electrons. The summed E-state index contributed by atoms with van der Waals surface area (Å²) in [6.45, 7) is 15.3. The highest BCUT2D eigenvalue weighted by Gasteiger charge is 2.41. The maximum absolute atomic E-state index is 6.59. The molecule has 0 aromatic carbocycles. The normalized spacial score (nSPS) is 36.3. The standard InChI is InChI=1S/C16H34NOPSi/c1-16(2,3)20(5,6)18-14-10-15(17-11-14)13-8-7-9-19(4)12-13/h13-15,17H,7-12H2,1-6H3/t13?,14-,15-,19?/m1/s1. The molecule has 4 heteroatoms. The first kappa shape index (κ1) is 16.9. The summed E-state index contributed by atoms with van der Waals surface area (Å²) >= 11 is 0. The summed E-state index contributed by atoms with van der Waals surface area (Å²) in [7, 11) is -1.28. The molecule has 0 bridgehead atoms. The Morgan fingerprint density at radius 3 is 2.55 bits per heavy atom. The van der Waals surface area contributed by atoms with Crippen molar-refractivity contribution in [1.29, 1.82) is 0 Å². The van der Waals surface area contributed by atoms with E-state index in [9.17, 15) is 0 Å². The van der Waals surface area contributed by atoms with Crippen LogP contribution in [-0.4, -0.2) is 46.0 Å². The van der Waals surface area contributed by atoms with Gasteiger partial charge in [-0.2, -0.15) is 0 Å². The SMILES string of the molecule is CP1CCCC([C@H]2C[C@@H](O[Si](C)(C)C(C)(C)C)CN2)C1. The molecule has 0 radical (unpaired) electrons. The predicted octanol–water partition coefficient (Wildman–Crippen LogP) is 4.26. The summed E-state index contributed by atoms with van der Waals surface area (Å²) in [5, 5.41) is 4.11. The van der Waals surface area contributed by atoms with Gasteiger partial charge in [0.2, 0.25) is 0 Å². The van der Waals surface area contributed by atoms with Crippen LogP contribution in [0.25, 0.3) is 0 Å². The average Bonchev–Trinajstić information content (AvgIpc) is 2.75. The van der Waals surface area contributed by atoms with Crippen molar-refractivity contribution in [2.45, 2.75) is 70.3 Å². The predicted molar refractivity (Wildman–Crippen MR) is 93.8 cm³/mol. The Balaban J connectivity index is 1.86. The first-order valence-electron chi connectivity index (χ1n) is 8.29. The molecule has 1 N–H and O–H groups in total. The topological polar surface area (TPSA) is 21.3 Å². The van der Waals surface area contributed by atoms with Crippen molar-refractivity contribution in [3.05, 3.63) is 0 Å². The van der Waals surface area contributed by atoms with Crippen LogP contribution in [0.2, 0.25) is 18.1 Å². The molecule has 0 amide bonds. The monoisotopic (exact) mass is 315 g/mol. The smallest absolute Gasteiger partial charge is 0.192 e. The summed E-state index contributed by atoms with van der Waals surface area (Å²) in [5.41, 5.74) is 0. The van der Waals surface area contributed by atoms with E-state index in [0.717, 1.165) is 18.5 Å². The van der Waals surface area contributed by atoms with E-state index in [1.165, 1.54) is 31.6 Å². The van der Waals surface area contributed by atoms with E-state index in [1.54, 1.807) is 0 Å². The van der Waals surface area contributed by atoms with Gasteiger partial charge in [-0.25, -0.2) is 0 Å². The van der Waals surface area contributed by atoms with E-state index in [0.29, 0.717) is 19.1 Å². The molecule has 2 fully saturated rings. The van der Waals surface area contributed by atoms with Crippen LogP contribution in [0.15, 0.2) is 0 Å². The molecule has 2 saturated heterocycles. The second kappa shape index (κ2) is 6.36. The summed E-state index contributed by atoms with van der Waals surface area (Å²) in [4.78, 5) is 0. The molecular weight excluding hydrogens is 281 g/mol. The Bertz CT molecular complexity index is 329. The fraction of sp³-hybridized carbons (Fsp3) is 1.00. The van der Waals surface area contributed by atoms with Gasteiger partial charge in [0.05, 0.1) is 6.10 Å². The minimum Gasteiger partial charge on any atom is -0.413 e. The molecule has 0 aliphatic carbocycles. The maximum Gasteiger partial charge on any atom is 0.192 e. The number of rotatable bonds is 3.